The van der Waals surface area contributed by atoms with E-state index in [2.05, 4.69) is 34.4 Å². The predicted molar refractivity (Wildman–Crippen MR) is 155 cm³/mol. The monoisotopic (exact) mass is 572 g/mol. The molecule has 1 heterocycles. The van der Waals surface area contributed by atoms with E-state index in [-0.39, 0.29) is 35.4 Å². The average Bonchev–Trinajstić information content (AvgIpc) is 3.41. The van der Waals surface area contributed by atoms with Gasteiger partial charge in [0.15, 0.2) is 11.7 Å². The number of hydrogen-bond acceptors (Lipinski definition) is 6. The van der Waals surface area contributed by atoms with Gasteiger partial charge in [-0.15, -0.1) is 11.3 Å². The van der Waals surface area contributed by atoms with Crippen molar-refractivity contribution in [2.24, 2.45) is 5.92 Å². The molecule has 2 N–H and O–H groups in total. The zero-order valence-electron chi connectivity index (χ0n) is 22.2. The van der Waals surface area contributed by atoms with Gasteiger partial charge >= 0.3 is 0 Å². The summed E-state index contributed by atoms with van der Waals surface area (Å²) in [7, 11) is 0. The number of amides is 2. The van der Waals surface area contributed by atoms with Crippen LogP contribution in [-0.4, -0.2) is 36.0 Å². The Hall–Kier alpha value is -3.17. The summed E-state index contributed by atoms with van der Waals surface area (Å²) in [6.45, 7) is 4.97. The molecule has 2 aromatic carbocycles. The van der Waals surface area contributed by atoms with Crippen LogP contribution in [0.1, 0.15) is 51.5 Å². The Labute approximate surface area is 237 Å². The third kappa shape index (κ3) is 8.41. The highest BCUT2D eigenvalue weighted by Crippen LogP contribution is 2.36. The molecular weight excluding hydrogens is 539 g/mol. The van der Waals surface area contributed by atoms with Crippen LogP contribution in [-0.2, 0) is 16.0 Å². The largest absolute Gasteiger partial charge is 0.484 e. The number of benzene rings is 2. The van der Waals surface area contributed by atoms with Crippen LogP contribution in [0.3, 0.4) is 0 Å². The van der Waals surface area contributed by atoms with Crippen molar-refractivity contribution in [3.8, 4) is 5.75 Å². The first-order valence-electron chi connectivity index (χ1n) is 13.2. The fourth-order valence-corrected chi connectivity index (χ4v) is 5.51. The quantitative estimate of drug-likeness (QED) is 0.260. The zero-order chi connectivity index (χ0) is 27.8. The maximum Gasteiger partial charge on any atom is 0.264 e. The van der Waals surface area contributed by atoms with Crippen molar-refractivity contribution in [3.63, 3.8) is 0 Å². The second kappa shape index (κ2) is 13.8. The Morgan fingerprint density at radius 1 is 1.13 bits per heavy atom. The molecule has 7 nitrogen and oxygen atoms in total. The van der Waals surface area contributed by atoms with E-state index in [1.807, 2.05) is 12.1 Å². The highest BCUT2D eigenvalue weighted by Gasteiger charge is 2.25. The number of thiazole rings is 1. The minimum Gasteiger partial charge on any atom is -0.484 e. The van der Waals surface area contributed by atoms with E-state index < -0.39 is 5.82 Å². The minimum absolute atomic E-state index is 0.142. The lowest BCUT2D eigenvalue weighted by atomic mass is 9.93. The highest BCUT2D eigenvalue weighted by atomic mass is 35.5. The van der Waals surface area contributed by atoms with Gasteiger partial charge < -0.3 is 15.0 Å². The number of aromatic nitrogens is 1. The van der Waals surface area contributed by atoms with Gasteiger partial charge in [0.05, 0.1) is 17.8 Å². The molecule has 39 heavy (non-hydrogen) atoms. The summed E-state index contributed by atoms with van der Waals surface area (Å²) in [6, 6.07) is 10.1. The minimum atomic E-state index is -0.523. The van der Waals surface area contributed by atoms with Crippen molar-refractivity contribution in [2.75, 3.05) is 28.7 Å². The molecule has 1 fully saturated rings. The number of nitrogens with zero attached hydrogens (tertiary/aromatic N) is 2. The smallest absolute Gasteiger partial charge is 0.264 e. The highest BCUT2D eigenvalue weighted by molar-refractivity contribution is 7.13. The van der Waals surface area contributed by atoms with E-state index in [0.29, 0.717) is 28.5 Å². The van der Waals surface area contributed by atoms with Crippen LogP contribution in [0.2, 0.25) is 5.02 Å². The van der Waals surface area contributed by atoms with Crippen LogP contribution >= 0.6 is 22.9 Å². The molecule has 10 heteroatoms. The Balaban J connectivity index is 1.57. The standard InChI is InChI=1S/C29H34ClFN4O3S/c1-19(2)17-35(22-6-4-3-5-7-22)26-11-10-23(38-18-28(37)34-29-32-12-13-39-29)16-25(26)33-27(36)14-20-8-9-21(30)15-24(20)31/h8-13,15-16,19,22H,3-7,14,17-18H2,1-2H3,(H,33,36)(H,32,34,37). The predicted octanol–water partition coefficient (Wildman–Crippen LogP) is 6.93. The van der Waals surface area contributed by atoms with E-state index in [1.165, 1.54) is 42.7 Å². The van der Waals surface area contributed by atoms with Gasteiger partial charge in [0, 0.05) is 35.3 Å². The molecule has 3 aromatic rings. The summed E-state index contributed by atoms with van der Waals surface area (Å²) in [4.78, 5) is 31.8. The number of ether oxygens (including phenoxy) is 1. The first-order chi connectivity index (χ1) is 18.8. The topological polar surface area (TPSA) is 83.6 Å². The Kier molecular flexibility index (Phi) is 10.2. The first kappa shape index (κ1) is 28.8. The summed E-state index contributed by atoms with van der Waals surface area (Å²) >= 11 is 7.19. The lowest BCUT2D eigenvalue weighted by molar-refractivity contribution is -0.118. The summed E-state index contributed by atoms with van der Waals surface area (Å²) in [5.74, 6) is -0.367. The van der Waals surface area contributed by atoms with Gasteiger partial charge in [0.2, 0.25) is 5.91 Å². The lowest BCUT2D eigenvalue weighted by Gasteiger charge is -2.38. The molecule has 1 aliphatic carbocycles. The van der Waals surface area contributed by atoms with Crippen LogP contribution < -0.4 is 20.3 Å². The van der Waals surface area contributed by atoms with Crippen LogP contribution in [0, 0.1) is 11.7 Å². The van der Waals surface area contributed by atoms with Crippen LogP contribution in [0.15, 0.2) is 48.0 Å². The van der Waals surface area contributed by atoms with Crippen LogP contribution in [0.25, 0.3) is 0 Å². The number of hydrogen-bond donors (Lipinski definition) is 2. The number of anilines is 3. The van der Waals surface area contributed by atoms with Gasteiger partial charge in [0.25, 0.3) is 5.91 Å². The second-order valence-electron chi connectivity index (χ2n) is 10.2. The van der Waals surface area contributed by atoms with E-state index in [4.69, 9.17) is 16.3 Å². The van der Waals surface area contributed by atoms with Crippen molar-refractivity contribution in [1.29, 1.82) is 0 Å². The average molecular weight is 573 g/mol. The van der Waals surface area contributed by atoms with Gasteiger partial charge in [-0.3, -0.25) is 14.9 Å². The molecule has 0 saturated heterocycles. The molecule has 1 saturated carbocycles. The maximum absolute atomic E-state index is 14.4. The molecule has 2 amide bonds. The van der Waals surface area contributed by atoms with Crippen LogP contribution in [0.4, 0.5) is 20.9 Å². The number of carbonyl (C=O) groups is 2. The van der Waals surface area contributed by atoms with Gasteiger partial charge in [0.1, 0.15) is 11.6 Å². The van der Waals surface area contributed by atoms with Crippen molar-refractivity contribution < 1.29 is 18.7 Å². The van der Waals surface area contributed by atoms with Crippen molar-refractivity contribution in [2.45, 2.75) is 58.4 Å². The molecule has 0 atom stereocenters. The molecule has 0 aliphatic heterocycles. The fourth-order valence-electron chi connectivity index (χ4n) is 4.81. The molecule has 1 aromatic heterocycles. The molecule has 0 bridgehead atoms. The maximum atomic E-state index is 14.4. The molecule has 1 aliphatic rings. The van der Waals surface area contributed by atoms with Gasteiger partial charge in [-0.2, -0.15) is 0 Å². The molecule has 0 spiro atoms. The van der Waals surface area contributed by atoms with Gasteiger partial charge in [-0.1, -0.05) is 50.8 Å². The Bertz CT molecular complexity index is 1270. The molecule has 208 valence electrons. The van der Waals surface area contributed by atoms with Crippen molar-refractivity contribution in [1.82, 2.24) is 4.98 Å². The van der Waals surface area contributed by atoms with Crippen molar-refractivity contribution >= 4 is 51.3 Å². The normalized spacial score (nSPS) is 13.8. The number of nitrogens with one attached hydrogen (secondary N) is 2. The fraction of sp³-hybridized carbons (Fsp3) is 0.414. The summed E-state index contributed by atoms with van der Waals surface area (Å²) in [6.07, 6.45) is 7.23. The third-order valence-electron chi connectivity index (χ3n) is 6.54. The van der Waals surface area contributed by atoms with E-state index >= 15 is 0 Å². The van der Waals surface area contributed by atoms with E-state index in [9.17, 15) is 14.0 Å². The Morgan fingerprint density at radius 3 is 2.62 bits per heavy atom. The van der Waals surface area contributed by atoms with Crippen LogP contribution in [0.5, 0.6) is 5.75 Å². The summed E-state index contributed by atoms with van der Waals surface area (Å²) in [5.41, 5.74) is 1.72. The number of rotatable bonds is 11. The molecule has 4 rings (SSSR count). The van der Waals surface area contributed by atoms with Gasteiger partial charge in [-0.25, -0.2) is 9.37 Å². The summed E-state index contributed by atoms with van der Waals surface area (Å²) in [5, 5.41) is 8.23. The number of carbonyl (C=O) groups excluding carboxylic acids is 2. The van der Waals surface area contributed by atoms with E-state index in [1.54, 1.807) is 23.7 Å². The second-order valence-corrected chi connectivity index (χ2v) is 11.5. The molecule has 0 unspecified atom stereocenters. The molecule has 0 radical (unpaired) electrons. The summed E-state index contributed by atoms with van der Waals surface area (Å²) < 4.78 is 20.2. The zero-order valence-corrected chi connectivity index (χ0v) is 23.8. The first-order valence-corrected chi connectivity index (χ1v) is 14.5. The van der Waals surface area contributed by atoms with E-state index in [0.717, 1.165) is 25.1 Å². The number of halogens is 2. The lowest BCUT2D eigenvalue weighted by Crippen LogP contribution is -2.40. The SMILES string of the molecule is CC(C)CN(c1ccc(OCC(=O)Nc2nccs2)cc1NC(=O)Cc1ccc(Cl)cc1F)C1CCCCC1. The van der Waals surface area contributed by atoms with Gasteiger partial charge in [-0.05, 0) is 48.6 Å². The molecular formula is C29H34ClFN4O3S. The van der Waals surface area contributed by atoms with Crippen molar-refractivity contribution in [3.05, 3.63) is 64.4 Å². The third-order valence-corrected chi connectivity index (χ3v) is 7.47. The Morgan fingerprint density at radius 2 is 1.92 bits per heavy atom.